The topological polar surface area (TPSA) is 84.1 Å². The van der Waals surface area contributed by atoms with Gasteiger partial charge in [-0.15, -0.1) is 0 Å². The van der Waals surface area contributed by atoms with Crippen molar-refractivity contribution in [2.75, 3.05) is 6.35 Å². The van der Waals surface area contributed by atoms with Crippen molar-refractivity contribution in [2.24, 2.45) is 0 Å². The van der Waals surface area contributed by atoms with Crippen LogP contribution in [0.5, 0.6) is 11.5 Å². The Morgan fingerprint density at radius 2 is 1.82 bits per heavy atom. The zero-order valence-electron chi connectivity index (χ0n) is 12.1. The summed E-state index contributed by atoms with van der Waals surface area (Å²) in [5, 5.41) is 0.176. The van der Waals surface area contributed by atoms with E-state index in [1.54, 1.807) is 6.07 Å². The monoisotopic (exact) mass is 360 g/mol. The fourth-order valence-electron chi connectivity index (χ4n) is 1.85. The van der Waals surface area contributed by atoms with E-state index in [0.29, 0.717) is 17.4 Å². The molecule has 22 heavy (non-hydrogen) atoms. The van der Waals surface area contributed by atoms with Gasteiger partial charge in [-0.2, -0.15) is 21.6 Å². The minimum absolute atomic E-state index is 0. The van der Waals surface area contributed by atoms with Crippen LogP contribution in [-0.4, -0.2) is 30.9 Å². The van der Waals surface area contributed by atoms with Crippen LogP contribution < -0.4 is 14.2 Å². The van der Waals surface area contributed by atoms with Gasteiger partial charge in [-0.05, 0) is 25.2 Å². The summed E-state index contributed by atoms with van der Waals surface area (Å²) in [5.41, 5.74) is -5.46. The molecule has 0 spiro atoms. The van der Waals surface area contributed by atoms with Gasteiger partial charge in [-0.3, -0.25) is 0 Å². The van der Waals surface area contributed by atoms with Crippen LogP contribution >= 0.6 is 7.92 Å². The molecule has 0 saturated carbocycles. The smallest absolute Gasteiger partial charge is 0.488 e. The largest absolute Gasteiger partial charge is 0.534 e. The normalized spacial score (nSPS) is 18.2. The van der Waals surface area contributed by atoms with Crippen molar-refractivity contribution in [2.45, 2.75) is 31.4 Å². The molecule has 0 aliphatic carbocycles. The van der Waals surface area contributed by atoms with Crippen molar-refractivity contribution in [1.82, 2.24) is 0 Å². The third kappa shape index (κ3) is 3.47. The molecule has 2 N–H and O–H groups in total. The highest BCUT2D eigenvalue weighted by Gasteiger charge is 2.49. The lowest BCUT2D eigenvalue weighted by Crippen LogP contribution is -2.30. The molecule has 0 amide bonds. The van der Waals surface area contributed by atoms with Crippen molar-refractivity contribution in [3.8, 4) is 11.5 Å². The van der Waals surface area contributed by atoms with E-state index >= 15 is 0 Å². The lowest BCUT2D eigenvalue weighted by Gasteiger charge is -2.27. The molecule has 1 aliphatic rings. The maximum absolute atomic E-state index is 12.5. The first-order valence-corrected chi connectivity index (χ1v) is 8.91. The van der Waals surface area contributed by atoms with Crippen LogP contribution in [0.1, 0.15) is 20.8 Å². The van der Waals surface area contributed by atoms with Gasteiger partial charge in [0.2, 0.25) is 0 Å². The second kappa shape index (κ2) is 5.86. The molecule has 1 aliphatic heterocycles. The summed E-state index contributed by atoms with van der Waals surface area (Å²) in [6.45, 7) is 5.77. The molecule has 1 aromatic carbocycles. The molecule has 2 rings (SSSR count). The van der Waals surface area contributed by atoms with E-state index < -0.39 is 23.5 Å². The highest BCUT2D eigenvalue weighted by molar-refractivity contribution is 7.88. The molecule has 1 heterocycles. The van der Waals surface area contributed by atoms with Gasteiger partial charge in [-0.25, -0.2) is 0 Å². The lowest BCUT2D eigenvalue weighted by molar-refractivity contribution is -0.0499. The fourth-order valence-corrected chi connectivity index (χ4v) is 4.62. The van der Waals surface area contributed by atoms with E-state index in [1.807, 2.05) is 20.8 Å². The van der Waals surface area contributed by atoms with Crippen molar-refractivity contribution in [1.29, 1.82) is 0 Å². The Balaban J connectivity index is 0.00000242. The average Bonchev–Trinajstić information content (AvgIpc) is 2.71. The average molecular weight is 360 g/mol. The molecule has 126 valence electrons. The third-order valence-corrected chi connectivity index (χ3v) is 6.83. The van der Waals surface area contributed by atoms with Crippen LogP contribution in [0.15, 0.2) is 18.2 Å². The minimum atomic E-state index is -5.69. The van der Waals surface area contributed by atoms with Crippen LogP contribution in [0, 0.1) is 0 Å². The van der Waals surface area contributed by atoms with Crippen LogP contribution in [-0.2, 0) is 10.1 Å². The molecule has 0 fully saturated rings. The Labute approximate surface area is 127 Å². The van der Waals surface area contributed by atoms with Gasteiger partial charge in [0, 0.05) is 0 Å². The van der Waals surface area contributed by atoms with Gasteiger partial charge in [0.25, 0.3) is 0 Å². The second-order valence-electron chi connectivity index (χ2n) is 5.46. The molecule has 0 radical (unpaired) electrons. The predicted octanol–water partition coefficient (Wildman–Crippen LogP) is 2.35. The van der Waals surface area contributed by atoms with E-state index in [-0.39, 0.29) is 16.4 Å². The maximum Gasteiger partial charge on any atom is 0.534 e. The number of benzene rings is 1. The highest BCUT2D eigenvalue weighted by atomic mass is 32.2. The van der Waals surface area contributed by atoms with Gasteiger partial charge < -0.3 is 14.4 Å². The molecular formula is C12H16F3O5PS. The Morgan fingerprint density at radius 1 is 1.23 bits per heavy atom. The minimum Gasteiger partial charge on any atom is -0.488 e. The molecule has 1 unspecified atom stereocenters. The number of fused-ring (bicyclic) bond motifs is 1. The molecule has 5 nitrogen and oxygen atoms in total. The summed E-state index contributed by atoms with van der Waals surface area (Å²) in [5.74, 6) is 0.0780. The van der Waals surface area contributed by atoms with Gasteiger partial charge in [0.1, 0.15) is 12.1 Å². The number of rotatable bonds is 2. The van der Waals surface area contributed by atoms with E-state index in [9.17, 15) is 21.6 Å². The number of alkyl halides is 3. The quantitative estimate of drug-likeness (QED) is 0.460. The summed E-state index contributed by atoms with van der Waals surface area (Å²) in [7, 11) is -6.68. The highest BCUT2D eigenvalue weighted by Crippen LogP contribution is 2.56. The number of ether oxygens (including phenoxy) is 1. The SMILES string of the molecule is CC(C)(C)P1COc2cccc(OS(=O)(=O)C(F)(F)F)c21.O. The van der Waals surface area contributed by atoms with E-state index in [1.165, 1.54) is 12.1 Å². The summed E-state index contributed by atoms with van der Waals surface area (Å²) in [4.78, 5) is 0. The van der Waals surface area contributed by atoms with Crippen molar-refractivity contribution < 1.29 is 36.0 Å². The van der Waals surface area contributed by atoms with Gasteiger partial charge in [0.05, 0.1) is 5.30 Å². The first kappa shape index (κ1) is 19.0. The molecule has 0 aromatic heterocycles. The summed E-state index contributed by atoms with van der Waals surface area (Å²) in [6.07, 6.45) is 0.334. The van der Waals surface area contributed by atoms with Crippen LogP contribution in [0.4, 0.5) is 13.2 Å². The maximum atomic E-state index is 12.5. The van der Waals surface area contributed by atoms with Crippen molar-refractivity contribution in [3.63, 3.8) is 0 Å². The number of hydrogen-bond donors (Lipinski definition) is 0. The van der Waals surface area contributed by atoms with E-state index in [2.05, 4.69) is 4.18 Å². The second-order valence-corrected chi connectivity index (χ2v) is 9.90. The fraction of sp³-hybridized carbons (Fsp3) is 0.500. The Bertz CT molecular complexity index is 652. The molecular weight excluding hydrogens is 344 g/mol. The standard InChI is InChI=1S/C12H14F3O4PS.H2O/c1-11(2,3)20-7-18-8-5-4-6-9(10(8)20)19-21(16,17)12(13,14)15;/h4-6H,7H2,1-3H3;1H2. The van der Waals surface area contributed by atoms with Crippen molar-refractivity contribution in [3.05, 3.63) is 18.2 Å². The zero-order valence-corrected chi connectivity index (χ0v) is 13.8. The summed E-state index contributed by atoms with van der Waals surface area (Å²) in [6, 6.07) is 4.22. The van der Waals surface area contributed by atoms with Gasteiger partial charge in [0.15, 0.2) is 5.75 Å². The predicted molar refractivity (Wildman–Crippen MR) is 77.5 cm³/mol. The molecule has 1 atom stereocenters. The molecule has 1 aromatic rings. The summed E-state index contributed by atoms with van der Waals surface area (Å²) >= 11 is 0. The molecule has 0 bridgehead atoms. The van der Waals surface area contributed by atoms with Gasteiger partial charge in [-0.1, -0.05) is 26.8 Å². The van der Waals surface area contributed by atoms with Gasteiger partial charge >= 0.3 is 15.6 Å². The van der Waals surface area contributed by atoms with E-state index in [4.69, 9.17) is 4.74 Å². The Hall–Kier alpha value is -1.05. The van der Waals surface area contributed by atoms with Crippen LogP contribution in [0.3, 0.4) is 0 Å². The number of hydrogen-bond acceptors (Lipinski definition) is 4. The van der Waals surface area contributed by atoms with E-state index in [0.717, 1.165) is 0 Å². The van der Waals surface area contributed by atoms with Crippen LogP contribution in [0.2, 0.25) is 0 Å². The Kier molecular flexibility index (Phi) is 5.06. The first-order valence-electron chi connectivity index (χ1n) is 5.98. The lowest BCUT2D eigenvalue weighted by atomic mass is 10.3. The first-order chi connectivity index (χ1) is 9.43. The van der Waals surface area contributed by atoms with Crippen molar-refractivity contribution >= 4 is 23.3 Å². The third-order valence-electron chi connectivity index (χ3n) is 2.87. The molecule has 10 heteroatoms. The Morgan fingerprint density at radius 3 is 2.32 bits per heavy atom. The zero-order chi connectivity index (χ0) is 16.1. The van der Waals surface area contributed by atoms with Crippen LogP contribution in [0.25, 0.3) is 0 Å². The summed E-state index contributed by atoms with van der Waals surface area (Å²) < 4.78 is 69.6. The number of halogens is 3. The molecule has 0 saturated heterocycles.